The number of amidine groups is 1. The average molecular weight is 279 g/mol. The normalized spacial score (nSPS) is 11.5. The molecule has 0 heterocycles. The monoisotopic (exact) mass is 279 g/mol. The highest BCUT2D eigenvalue weighted by Gasteiger charge is 2.16. The molecule has 1 aromatic carbocycles. The number of nitrogens with two attached hydrogens (primary N) is 1. The third-order valence-electron chi connectivity index (χ3n) is 2.60. The maximum absolute atomic E-state index is 12.3. The molecule has 110 valence electrons. The van der Waals surface area contributed by atoms with Crippen molar-refractivity contribution in [2.45, 2.75) is 26.9 Å². The van der Waals surface area contributed by atoms with Crippen LogP contribution in [0.3, 0.4) is 0 Å². The summed E-state index contributed by atoms with van der Waals surface area (Å²) < 4.78 is 5.56. The lowest BCUT2D eigenvalue weighted by molar-refractivity contribution is 0.0785. The van der Waals surface area contributed by atoms with Crippen LogP contribution in [0.1, 0.15) is 31.1 Å². The largest absolute Gasteiger partial charge is 0.491 e. The molecule has 0 spiro atoms. The van der Waals surface area contributed by atoms with E-state index in [2.05, 4.69) is 5.16 Å². The Morgan fingerprint density at radius 3 is 2.75 bits per heavy atom. The highest BCUT2D eigenvalue weighted by molar-refractivity contribution is 5.97. The lowest BCUT2D eigenvalue weighted by atomic mass is 10.2. The molecular formula is C14H21N3O3. The molecule has 0 saturated carbocycles. The molecule has 3 N–H and O–H groups in total. The quantitative estimate of drug-likeness (QED) is 0.359. The Morgan fingerprint density at radius 1 is 1.50 bits per heavy atom. The summed E-state index contributed by atoms with van der Waals surface area (Å²) >= 11 is 0. The fourth-order valence-electron chi connectivity index (χ4n) is 1.71. The standard InChI is InChI=1S/C14H21N3O3/c1-4-17(9-13(15)16-19)14(18)11-6-5-7-12(8-11)20-10(2)3/h5-8,10,19H,4,9H2,1-3H3,(H2,15,16). The summed E-state index contributed by atoms with van der Waals surface area (Å²) in [6.07, 6.45) is 0.0415. The summed E-state index contributed by atoms with van der Waals surface area (Å²) in [6, 6.07) is 6.97. The van der Waals surface area contributed by atoms with E-state index in [4.69, 9.17) is 15.7 Å². The van der Waals surface area contributed by atoms with Crippen LogP contribution in [-0.4, -0.2) is 41.0 Å². The van der Waals surface area contributed by atoms with Gasteiger partial charge in [-0.3, -0.25) is 4.79 Å². The van der Waals surface area contributed by atoms with Gasteiger partial charge in [0.25, 0.3) is 5.91 Å². The number of carbonyl (C=O) groups excluding carboxylic acids is 1. The minimum Gasteiger partial charge on any atom is -0.491 e. The van der Waals surface area contributed by atoms with E-state index in [9.17, 15) is 4.79 Å². The topological polar surface area (TPSA) is 88.1 Å². The summed E-state index contributed by atoms with van der Waals surface area (Å²) in [4.78, 5) is 13.8. The van der Waals surface area contributed by atoms with Gasteiger partial charge < -0.3 is 20.6 Å². The second-order valence-corrected chi connectivity index (χ2v) is 4.61. The predicted molar refractivity (Wildman–Crippen MR) is 77.2 cm³/mol. The van der Waals surface area contributed by atoms with Crippen LogP contribution in [-0.2, 0) is 0 Å². The summed E-state index contributed by atoms with van der Waals surface area (Å²) in [5, 5.41) is 11.5. The Kier molecular flexibility index (Phi) is 5.83. The zero-order valence-corrected chi connectivity index (χ0v) is 12.0. The first-order valence-electron chi connectivity index (χ1n) is 6.50. The van der Waals surface area contributed by atoms with Gasteiger partial charge in [-0.1, -0.05) is 11.2 Å². The predicted octanol–water partition coefficient (Wildman–Crippen LogP) is 1.68. The molecular weight excluding hydrogens is 258 g/mol. The smallest absolute Gasteiger partial charge is 0.254 e. The molecule has 1 rings (SSSR count). The molecule has 20 heavy (non-hydrogen) atoms. The molecule has 0 aliphatic heterocycles. The van der Waals surface area contributed by atoms with Crippen molar-refractivity contribution < 1.29 is 14.7 Å². The van der Waals surface area contributed by atoms with E-state index in [1.807, 2.05) is 20.8 Å². The molecule has 0 atom stereocenters. The van der Waals surface area contributed by atoms with Gasteiger partial charge in [-0.05, 0) is 39.0 Å². The van der Waals surface area contributed by atoms with Gasteiger partial charge in [0.05, 0.1) is 12.6 Å². The van der Waals surface area contributed by atoms with Gasteiger partial charge in [-0.25, -0.2) is 0 Å². The van der Waals surface area contributed by atoms with Gasteiger partial charge in [-0.15, -0.1) is 0 Å². The van der Waals surface area contributed by atoms with E-state index in [1.165, 1.54) is 4.90 Å². The number of nitrogens with zero attached hydrogens (tertiary/aromatic N) is 2. The Balaban J connectivity index is 2.89. The first-order chi connectivity index (χ1) is 9.47. The Bertz CT molecular complexity index is 486. The van der Waals surface area contributed by atoms with Crippen LogP contribution in [0.25, 0.3) is 0 Å². The van der Waals surface area contributed by atoms with Crippen molar-refractivity contribution in [3.05, 3.63) is 29.8 Å². The van der Waals surface area contributed by atoms with Gasteiger partial charge in [0.15, 0.2) is 5.84 Å². The second kappa shape index (κ2) is 7.37. The number of carbonyl (C=O) groups is 1. The lowest BCUT2D eigenvalue weighted by Gasteiger charge is -2.20. The first kappa shape index (κ1) is 15.8. The van der Waals surface area contributed by atoms with Gasteiger partial charge >= 0.3 is 0 Å². The summed E-state index contributed by atoms with van der Waals surface area (Å²) in [5.41, 5.74) is 5.95. The van der Waals surface area contributed by atoms with Crippen LogP contribution in [0.15, 0.2) is 29.4 Å². The van der Waals surface area contributed by atoms with E-state index < -0.39 is 0 Å². The highest BCUT2D eigenvalue weighted by atomic mass is 16.5. The number of benzene rings is 1. The van der Waals surface area contributed by atoms with Gasteiger partial charge in [0.2, 0.25) is 0 Å². The molecule has 1 amide bonds. The van der Waals surface area contributed by atoms with Crippen LogP contribution in [0.4, 0.5) is 0 Å². The van der Waals surface area contributed by atoms with E-state index in [0.29, 0.717) is 17.9 Å². The molecule has 0 aliphatic rings. The molecule has 0 radical (unpaired) electrons. The molecule has 6 nitrogen and oxygen atoms in total. The van der Waals surface area contributed by atoms with Crippen molar-refractivity contribution >= 4 is 11.7 Å². The van der Waals surface area contributed by atoms with E-state index in [1.54, 1.807) is 24.3 Å². The summed E-state index contributed by atoms with van der Waals surface area (Å²) in [6.45, 7) is 6.22. The van der Waals surface area contributed by atoms with Gasteiger partial charge in [-0.2, -0.15) is 0 Å². The molecule has 0 saturated heterocycles. The minimum atomic E-state index is -0.187. The van der Waals surface area contributed by atoms with E-state index in [0.717, 1.165) is 0 Å². The third kappa shape index (κ3) is 4.46. The zero-order valence-electron chi connectivity index (χ0n) is 12.0. The molecule has 6 heteroatoms. The van der Waals surface area contributed by atoms with E-state index in [-0.39, 0.29) is 24.4 Å². The maximum Gasteiger partial charge on any atom is 0.254 e. The molecule has 0 unspecified atom stereocenters. The van der Waals surface area contributed by atoms with Crippen molar-refractivity contribution in [3.8, 4) is 5.75 Å². The zero-order chi connectivity index (χ0) is 15.1. The summed E-state index contributed by atoms with van der Waals surface area (Å²) in [7, 11) is 0. The number of rotatable bonds is 6. The third-order valence-corrected chi connectivity index (χ3v) is 2.60. The number of amides is 1. The van der Waals surface area contributed by atoms with Crippen molar-refractivity contribution in [3.63, 3.8) is 0 Å². The van der Waals surface area contributed by atoms with Crippen LogP contribution in [0.5, 0.6) is 5.75 Å². The maximum atomic E-state index is 12.3. The fourth-order valence-corrected chi connectivity index (χ4v) is 1.71. The molecule has 0 bridgehead atoms. The van der Waals surface area contributed by atoms with Crippen molar-refractivity contribution in [2.75, 3.05) is 13.1 Å². The number of likely N-dealkylation sites (N-methyl/N-ethyl adjacent to an activating group) is 1. The SMILES string of the molecule is CCN(CC(N)=NO)C(=O)c1cccc(OC(C)C)c1. The van der Waals surface area contributed by atoms with E-state index >= 15 is 0 Å². The number of hydrogen-bond donors (Lipinski definition) is 2. The Labute approximate surface area is 118 Å². The number of oxime groups is 1. The molecule has 1 aromatic rings. The van der Waals surface area contributed by atoms with Gasteiger partial charge in [0, 0.05) is 12.1 Å². The van der Waals surface area contributed by atoms with Crippen molar-refractivity contribution in [2.24, 2.45) is 10.9 Å². The number of hydrogen-bond acceptors (Lipinski definition) is 4. The summed E-state index contributed by atoms with van der Waals surface area (Å²) in [5.74, 6) is 0.453. The average Bonchev–Trinajstić information content (AvgIpc) is 2.43. The van der Waals surface area contributed by atoms with Gasteiger partial charge in [0.1, 0.15) is 5.75 Å². The van der Waals surface area contributed by atoms with Crippen molar-refractivity contribution in [1.82, 2.24) is 4.90 Å². The second-order valence-electron chi connectivity index (χ2n) is 4.61. The van der Waals surface area contributed by atoms with Crippen LogP contribution >= 0.6 is 0 Å². The van der Waals surface area contributed by atoms with Crippen LogP contribution in [0.2, 0.25) is 0 Å². The first-order valence-corrected chi connectivity index (χ1v) is 6.50. The molecule has 0 aromatic heterocycles. The van der Waals surface area contributed by atoms with Crippen LogP contribution < -0.4 is 10.5 Å². The van der Waals surface area contributed by atoms with Crippen molar-refractivity contribution in [1.29, 1.82) is 0 Å². The highest BCUT2D eigenvalue weighted by Crippen LogP contribution is 2.16. The minimum absolute atomic E-state index is 0.00483. The Hall–Kier alpha value is -2.24. The molecule has 0 aliphatic carbocycles. The molecule has 0 fully saturated rings. The fraction of sp³-hybridized carbons (Fsp3) is 0.429. The Morgan fingerprint density at radius 2 is 2.20 bits per heavy atom. The van der Waals surface area contributed by atoms with Crippen LogP contribution in [0, 0.1) is 0 Å². The number of ether oxygens (including phenoxy) is 1. The lowest BCUT2D eigenvalue weighted by Crippen LogP contribution is -2.38.